The third-order valence-electron chi connectivity index (χ3n) is 3.41. The molecule has 0 saturated carbocycles. The Morgan fingerprint density at radius 3 is 2.57 bits per heavy atom. The van der Waals surface area contributed by atoms with Gasteiger partial charge in [0, 0.05) is 18.2 Å². The van der Waals surface area contributed by atoms with Crippen LogP contribution in [0.3, 0.4) is 0 Å². The number of aryl methyl sites for hydroxylation is 4. The van der Waals surface area contributed by atoms with Gasteiger partial charge in [-0.2, -0.15) is 0 Å². The van der Waals surface area contributed by atoms with E-state index in [1.807, 2.05) is 19.9 Å². The van der Waals surface area contributed by atoms with Gasteiger partial charge in [0.2, 0.25) is 5.95 Å². The van der Waals surface area contributed by atoms with Gasteiger partial charge >= 0.3 is 0 Å². The zero-order valence-electron chi connectivity index (χ0n) is 12.5. The Labute approximate surface area is 123 Å². The maximum Gasteiger partial charge on any atom is 0.252 e. The molecule has 0 aliphatic carbocycles. The first kappa shape index (κ1) is 15.0. The molecule has 1 aromatic carbocycles. The van der Waals surface area contributed by atoms with E-state index in [1.165, 1.54) is 17.2 Å². The third kappa shape index (κ3) is 3.78. The number of H-pyrrole nitrogens is 1. The Kier molecular flexibility index (Phi) is 4.52. The first-order chi connectivity index (χ1) is 9.99. The highest BCUT2D eigenvalue weighted by atomic mass is 16.1. The van der Waals surface area contributed by atoms with E-state index in [4.69, 9.17) is 0 Å². The number of hydrogen-bond donors (Lipinski definition) is 2. The average Bonchev–Trinajstić information content (AvgIpc) is 2.42. The van der Waals surface area contributed by atoms with E-state index in [-0.39, 0.29) is 5.56 Å². The molecule has 0 atom stereocenters. The first-order valence-corrected chi connectivity index (χ1v) is 6.88. The smallest absolute Gasteiger partial charge is 0.252 e. The lowest BCUT2D eigenvalue weighted by Gasteiger charge is -2.12. The molecule has 2 rings (SSSR count). The molecule has 0 radical (unpaired) electrons. The Hall–Kier alpha value is -2.43. The minimum Gasteiger partial charge on any atom is -0.325 e. The van der Waals surface area contributed by atoms with Crippen molar-refractivity contribution in [2.24, 2.45) is 0 Å². The van der Waals surface area contributed by atoms with Crippen molar-refractivity contribution in [3.63, 3.8) is 0 Å². The number of benzene rings is 1. The van der Waals surface area contributed by atoms with Gasteiger partial charge in [-0.1, -0.05) is 6.07 Å². The summed E-state index contributed by atoms with van der Waals surface area (Å²) in [5, 5.41) is 3.14. The molecule has 110 valence electrons. The standard InChI is InChI=1S/C16H19N3O2/c1-10-7-12(3)14(8-11(10)2)18-16-17-13(5-4-6-20)9-15(21)19-16/h6-9H,4-5H2,1-3H3,(H2,17,18,19,21). The maximum absolute atomic E-state index is 11.6. The van der Waals surface area contributed by atoms with Gasteiger partial charge in [0.25, 0.3) is 5.56 Å². The Bertz CT molecular complexity index is 720. The summed E-state index contributed by atoms with van der Waals surface area (Å²) in [6, 6.07) is 5.54. The summed E-state index contributed by atoms with van der Waals surface area (Å²) in [6.07, 6.45) is 1.65. The van der Waals surface area contributed by atoms with Crippen LogP contribution < -0.4 is 10.9 Å². The molecular formula is C16H19N3O2. The van der Waals surface area contributed by atoms with E-state index in [0.29, 0.717) is 24.5 Å². The fourth-order valence-corrected chi connectivity index (χ4v) is 2.12. The molecule has 1 heterocycles. The van der Waals surface area contributed by atoms with Gasteiger partial charge in [-0.15, -0.1) is 0 Å². The molecule has 0 amide bonds. The number of aromatic nitrogens is 2. The molecule has 0 fully saturated rings. The van der Waals surface area contributed by atoms with Crippen LogP contribution in [0, 0.1) is 20.8 Å². The average molecular weight is 285 g/mol. The fraction of sp³-hybridized carbons (Fsp3) is 0.312. The molecule has 21 heavy (non-hydrogen) atoms. The molecule has 0 bridgehead atoms. The molecule has 5 nitrogen and oxygen atoms in total. The van der Waals surface area contributed by atoms with Crippen LogP contribution in [-0.2, 0) is 11.2 Å². The number of carbonyl (C=O) groups is 1. The lowest BCUT2D eigenvalue weighted by molar-refractivity contribution is -0.107. The third-order valence-corrected chi connectivity index (χ3v) is 3.41. The number of rotatable bonds is 5. The van der Waals surface area contributed by atoms with Crippen LogP contribution in [0.1, 0.15) is 28.8 Å². The fourth-order valence-electron chi connectivity index (χ4n) is 2.12. The van der Waals surface area contributed by atoms with Crippen LogP contribution in [0.15, 0.2) is 23.0 Å². The van der Waals surface area contributed by atoms with E-state index >= 15 is 0 Å². The lowest BCUT2D eigenvalue weighted by atomic mass is 10.1. The largest absolute Gasteiger partial charge is 0.325 e. The summed E-state index contributed by atoms with van der Waals surface area (Å²) >= 11 is 0. The van der Waals surface area contributed by atoms with Crippen molar-refractivity contribution in [2.75, 3.05) is 5.32 Å². The second kappa shape index (κ2) is 6.35. The zero-order valence-corrected chi connectivity index (χ0v) is 12.5. The molecule has 0 spiro atoms. The first-order valence-electron chi connectivity index (χ1n) is 6.88. The topological polar surface area (TPSA) is 74.8 Å². The zero-order chi connectivity index (χ0) is 15.4. The summed E-state index contributed by atoms with van der Waals surface area (Å²) in [5.41, 5.74) is 4.76. The van der Waals surface area contributed by atoms with Crippen molar-refractivity contribution in [2.45, 2.75) is 33.6 Å². The number of hydrogen-bond acceptors (Lipinski definition) is 4. The van der Waals surface area contributed by atoms with E-state index in [1.54, 1.807) is 0 Å². The highest BCUT2D eigenvalue weighted by Crippen LogP contribution is 2.22. The normalized spacial score (nSPS) is 10.4. The summed E-state index contributed by atoms with van der Waals surface area (Å²) < 4.78 is 0. The van der Waals surface area contributed by atoms with Gasteiger partial charge in [0.15, 0.2) is 0 Å². The maximum atomic E-state index is 11.6. The van der Waals surface area contributed by atoms with E-state index < -0.39 is 0 Å². The molecule has 5 heteroatoms. The van der Waals surface area contributed by atoms with Crippen LogP contribution in [0.4, 0.5) is 11.6 Å². The van der Waals surface area contributed by atoms with Crippen molar-refractivity contribution in [1.29, 1.82) is 0 Å². The number of aromatic amines is 1. The quantitative estimate of drug-likeness (QED) is 0.828. The molecule has 0 aliphatic heterocycles. The van der Waals surface area contributed by atoms with Gasteiger partial charge in [-0.05, 0) is 49.9 Å². The van der Waals surface area contributed by atoms with Crippen LogP contribution in [-0.4, -0.2) is 16.3 Å². The van der Waals surface area contributed by atoms with Crippen molar-refractivity contribution >= 4 is 17.9 Å². The molecule has 2 aromatic rings. The van der Waals surface area contributed by atoms with Crippen molar-refractivity contribution in [1.82, 2.24) is 9.97 Å². The van der Waals surface area contributed by atoms with Gasteiger partial charge < -0.3 is 10.1 Å². The van der Waals surface area contributed by atoms with Crippen molar-refractivity contribution in [3.8, 4) is 0 Å². The number of carbonyl (C=O) groups excluding carboxylic acids is 1. The van der Waals surface area contributed by atoms with Crippen LogP contribution >= 0.6 is 0 Å². The number of anilines is 2. The summed E-state index contributed by atoms with van der Waals surface area (Å²) in [7, 11) is 0. The van der Waals surface area contributed by atoms with E-state index in [9.17, 15) is 9.59 Å². The number of aldehydes is 1. The second-order valence-corrected chi connectivity index (χ2v) is 5.17. The lowest BCUT2D eigenvalue weighted by Crippen LogP contribution is -2.12. The van der Waals surface area contributed by atoms with Crippen LogP contribution in [0.5, 0.6) is 0 Å². The van der Waals surface area contributed by atoms with Gasteiger partial charge in [0.05, 0.1) is 5.69 Å². The highest BCUT2D eigenvalue weighted by Gasteiger charge is 2.05. The predicted molar refractivity (Wildman–Crippen MR) is 83.2 cm³/mol. The number of nitrogens with one attached hydrogen (secondary N) is 2. The molecule has 2 N–H and O–H groups in total. The minimum absolute atomic E-state index is 0.227. The Morgan fingerprint density at radius 2 is 1.86 bits per heavy atom. The number of nitrogens with zero attached hydrogens (tertiary/aromatic N) is 1. The summed E-state index contributed by atoms with van der Waals surface area (Å²) in [6.45, 7) is 6.10. The minimum atomic E-state index is -0.227. The van der Waals surface area contributed by atoms with E-state index in [0.717, 1.165) is 17.5 Å². The summed E-state index contributed by atoms with van der Waals surface area (Å²) in [4.78, 5) is 29.1. The predicted octanol–water partition coefficient (Wildman–Crippen LogP) is 2.57. The molecule has 1 aromatic heterocycles. The van der Waals surface area contributed by atoms with Crippen LogP contribution in [0.2, 0.25) is 0 Å². The van der Waals surface area contributed by atoms with Crippen LogP contribution in [0.25, 0.3) is 0 Å². The van der Waals surface area contributed by atoms with Crippen molar-refractivity contribution in [3.05, 3.63) is 50.9 Å². The highest BCUT2D eigenvalue weighted by molar-refractivity contribution is 5.60. The summed E-state index contributed by atoms with van der Waals surface area (Å²) in [5.74, 6) is 0.398. The monoisotopic (exact) mass is 285 g/mol. The molecular weight excluding hydrogens is 266 g/mol. The molecule has 0 saturated heterocycles. The van der Waals surface area contributed by atoms with Gasteiger partial charge in [-0.3, -0.25) is 9.78 Å². The SMILES string of the molecule is Cc1cc(C)c(Nc2nc(CCC=O)cc(=O)[nH]2)cc1C. The Morgan fingerprint density at radius 1 is 1.14 bits per heavy atom. The molecule has 0 unspecified atom stereocenters. The van der Waals surface area contributed by atoms with Crippen molar-refractivity contribution < 1.29 is 4.79 Å². The van der Waals surface area contributed by atoms with Gasteiger partial charge in [0.1, 0.15) is 6.29 Å². The molecule has 0 aliphatic rings. The Balaban J connectivity index is 2.31. The second-order valence-electron chi connectivity index (χ2n) is 5.17. The van der Waals surface area contributed by atoms with Gasteiger partial charge in [-0.25, -0.2) is 4.98 Å². The van der Waals surface area contributed by atoms with E-state index in [2.05, 4.69) is 28.3 Å².